The zero-order valence-corrected chi connectivity index (χ0v) is 13.0. The maximum atomic E-state index is 13.8. The Morgan fingerprint density at radius 2 is 1.87 bits per heavy atom. The molecule has 1 aliphatic rings. The summed E-state index contributed by atoms with van der Waals surface area (Å²) in [7, 11) is -3.80. The number of fused-ring (bicyclic) bond motifs is 1. The number of amides is 1. The Hall–Kier alpha value is -2.25. The number of halogens is 1. The van der Waals surface area contributed by atoms with Crippen LogP contribution in [-0.4, -0.2) is 25.8 Å². The number of sulfonamides is 1. The minimum atomic E-state index is -3.80. The second kappa shape index (κ2) is 5.75. The first kappa shape index (κ1) is 15.6. The van der Waals surface area contributed by atoms with E-state index in [9.17, 15) is 17.6 Å². The summed E-state index contributed by atoms with van der Waals surface area (Å²) in [6.45, 7) is 0.681. The molecule has 2 N–H and O–H groups in total. The van der Waals surface area contributed by atoms with E-state index in [1.807, 2.05) is 0 Å². The van der Waals surface area contributed by atoms with Gasteiger partial charge in [-0.05, 0) is 41.8 Å². The molecule has 0 saturated carbocycles. The van der Waals surface area contributed by atoms with Crippen molar-refractivity contribution in [2.75, 3.05) is 6.54 Å². The molecule has 1 amide bonds. The van der Waals surface area contributed by atoms with E-state index in [-0.39, 0.29) is 17.0 Å². The number of carbonyl (C=O) groups is 1. The van der Waals surface area contributed by atoms with Crippen molar-refractivity contribution in [3.05, 3.63) is 65.0 Å². The van der Waals surface area contributed by atoms with Gasteiger partial charge in [0.1, 0.15) is 5.82 Å². The predicted octanol–water partition coefficient (Wildman–Crippen LogP) is 1.67. The lowest BCUT2D eigenvalue weighted by atomic mass is 9.99. The van der Waals surface area contributed by atoms with Gasteiger partial charge in [-0.1, -0.05) is 18.2 Å². The highest BCUT2D eigenvalue weighted by molar-refractivity contribution is 7.89. The molecule has 0 aromatic heterocycles. The number of hydrogen-bond acceptors (Lipinski definition) is 3. The smallest absolute Gasteiger partial charge is 0.257 e. The second-order valence-electron chi connectivity index (χ2n) is 5.43. The quantitative estimate of drug-likeness (QED) is 0.907. The van der Waals surface area contributed by atoms with Gasteiger partial charge in [0, 0.05) is 13.1 Å². The molecule has 0 aliphatic carbocycles. The van der Waals surface area contributed by atoms with E-state index in [0.29, 0.717) is 18.5 Å². The lowest BCUT2D eigenvalue weighted by Gasteiger charge is -2.29. The number of hydrogen-bond donors (Lipinski definition) is 1. The Balaban J connectivity index is 1.90. The summed E-state index contributed by atoms with van der Waals surface area (Å²) in [6.07, 6.45) is 0.584. The number of benzene rings is 2. The van der Waals surface area contributed by atoms with Crippen molar-refractivity contribution >= 4 is 15.9 Å². The second-order valence-corrected chi connectivity index (χ2v) is 6.99. The molecule has 3 rings (SSSR count). The molecule has 0 spiro atoms. The summed E-state index contributed by atoms with van der Waals surface area (Å²) in [5, 5.41) is 5.14. The van der Waals surface area contributed by atoms with Crippen molar-refractivity contribution in [1.82, 2.24) is 4.90 Å². The highest BCUT2D eigenvalue weighted by Crippen LogP contribution is 2.23. The van der Waals surface area contributed by atoms with E-state index in [0.717, 1.165) is 5.56 Å². The van der Waals surface area contributed by atoms with Crippen LogP contribution in [0.15, 0.2) is 47.4 Å². The van der Waals surface area contributed by atoms with Crippen molar-refractivity contribution in [2.45, 2.75) is 17.9 Å². The van der Waals surface area contributed by atoms with E-state index < -0.39 is 21.7 Å². The average Bonchev–Trinajstić information content (AvgIpc) is 2.53. The first-order chi connectivity index (χ1) is 10.9. The van der Waals surface area contributed by atoms with Gasteiger partial charge in [-0.2, -0.15) is 0 Å². The summed E-state index contributed by atoms with van der Waals surface area (Å²) in [6, 6.07) is 10.5. The lowest BCUT2D eigenvalue weighted by Crippen LogP contribution is -2.36. The van der Waals surface area contributed by atoms with Crippen molar-refractivity contribution in [1.29, 1.82) is 0 Å². The van der Waals surface area contributed by atoms with Crippen LogP contribution in [-0.2, 0) is 23.0 Å². The number of carbonyl (C=O) groups excluding carboxylic acids is 1. The number of rotatable bonds is 2. The topological polar surface area (TPSA) is 80.5 Å². The molecule has 0 radical (unpaired) electrons. The normalized spacial score (nSPS) is 14.4. The zero-order chi connectivity index (χ0) is 16.6. The van der Waals surface area contributed by atoms with Crippen molar-refractivity contribution in [3.8, 4) is 0 Å². The maximum absolute atomic E-state index is 13.8. The molecule has 7 heteroatoms. The molecular formula is C16H15FN2O3S. The SMILES string of the molecule is NS(=O)(=O)c1ccc2c(c1)CN(C(=O)c1ccccc1F)CC2. The summed E-state index contributed by atoms with van der Waals surface area (Å²) >= 11 is 0. The monoisotopic (exact) mass is 334 g/mol. The van der Waals surface area contributed by atoms with Crippen molar-refractivity contribution < 1.29 is 17.6 Å². The van der Waals surface area contributed by atoms with Crippen molar-refractivity contribution in [3.63, 3.8) is 0 Å². The molecule has 23 heavy (non-hydrogen) atoms. The summed E-state index contributed by atoms with van der Waals surface area (Å²) < 4.78 is 36.7. The van der Waals surface area contributed by atoms with Crippen LogP contribution >= 0.6 is 0 Å². The highest BCUT2D eigenvalue weighted by atomic mass is 32.2. The van der Waals surface area contributed by atoms with Crippen LogP contribution < -0.4 is 5.14 Å². The summed E-state index contributed by atoms with van der Waals surface area (Å²) in [5.41, 5.74) is 1.70. The third-order valence-corrected chi connectivity index (χ3v) is 4.82. The third-order valence-electron chi connectivity index (χ3n) is 3.91. The Kier molecular flexibility index (Phi) is 3.91. The average molecular weight is 334 g/mol. The largest absolute Gasteiger partial charge is 0.334 e. The molecule has 2 aromatic rings. The number of primary sulfonamides is 1. The van der Waals surface area contributed by atoms with Gasteiger partial charge in [-0.3, -0.25) is 4.79 Å². The standard InChI is InChI=1S/C16H15FN2O3S/c17-15-4-2-1-3-14(15)16(20)19-8-7-11-5-6-13(23(18,21)22)9-12(11)10-19/h1-6,9H,7-8,10H2,(H2,18,21,22). The highest BCUT2D eigenvalue weighted by Gasteiger charge is 2.24. The molecule has 120 valence electrons. The summed E-state index contributed by atoms with van der Waals surface area (Å²) in [5.74, 6) is -0.976. The molecule has 2 aromatic carbocycles. The Morgan fingerprint density at radius 3 is 2.57 bits per heavy atom. The van der Waals surface area contributed by atoms with Crippen LogP contribution in [0, 0.1) is 5.82 Å². The van der Waals surface area contributed by atoms with E-state index in [2.05, 4.69) is 0 Å². The number of nitrogens with two attached hydrogens (primary N) is 1. The first-order valence-electron chi connectivity index (χ1n) is 7.04. The van der Waals surface area contributed by atoms with Crippen LogP contribution in [0.1, 0.15) is 21.5 Å². The van der Waals surface area contributed by atoms with Crippen LogP contribution in [0.3, 0.4) is 0 Å². The predicted molar refractivity (Wildman–Crippen MR) is 82.7 cm³/mol. The Morgan fingerprint density at radius 1 is 1.13 bits per heavy atom. The fourth-order valence-corrected chi connectivity index (χ4v) is 3.25. The zero-order valence-electron chi connectivity index (χ0n) is 12.2. The number of nitrogens with zero attached hydrogens (tertiary/aromatic N) is 1. The van der Waals surface area contributed by atoms with Gasteiger partial charge >= 0.3 is 0 Å². The Bertz CT molecular complexity index is 881. The minimum absolute atomic E-state index is 0.0106. The van der Waals surface area contributed by atoms with Gasteiger partial charge in [0.05, 0.1) is 10.5 Å². The molecule has 0 bridgehead atoms. The molecule has 0 saturated heterocycles. The maximum Gasteiger partial charge on any atom is 0.257 e. The summed E-state index contributed by atoms with van der Waals surface area (Å²) in [4.78, 5) is 14.0. The minimum Gasteiger partial charge on any atom is -0.334 e. The molecule has 0 atom stereocenters. The van der Waals surface area contributed by atoms with E-state index in [1.165, 1.54) is 35.2 Å². The Labute approximate surface area is 133 Å². The molecule has 5 nitrogen and oxygen atoms in total. The molecule has 0 fully saturated rings. The molecule has 1 heterocycles. The van der Waals surface area contributed by atoms with Crippen LogP contribution in [0.4, 0.5) is 4.39 Å². The molecular weight excluding hydrogens is 319 g/mol. The van der Waals surface area contributed by atoms with Gasteiger partial charge in [0.15, 0.2) is 0 Å². The fraction of sp³-hybridized carbons (Fsp3) is 0.188. The van der Waals surface area contributed by atoms with E-state index in [4.69, 9.17) is 5.14 Å². The van der Waals surface area contributed by atoms with Gasteiger partial charge < -0.3 is 4.90 Å². The third kappa shape index (κ3) is 3.11. The van der Waals surface area contributed by atoms with Crippen LogP contribution in [0.2, 0.25) is 0 Å². The van der Waals surface area contributed by atoms with Crippen LogP contribution in [0.25, 0.3) is 0 Å². The van der Waals surface area contributed by atoms with Gasteiger partial charge in [0.25, 0.3) is 5.91 Å². The van der Waals surface area contributed by atoms with Crippen LogP contribution in [0.5, 0.6) is 0 Å². The van der Waals surface area contributed by atoms with E-state index in [1.54, 1.807) is 12.1 Å². The van der Waals surface area contributed by atoms with Crippen molar-refractivity contribution in [2.24, 2.45) is 5.14 Å². The van der Waals surface area contributed by atoms with Gasteiger partial charge in [-0.25, -0.2) is 17.9 Å². The van der Waals surface area contributed by atoms with Gasteiger partial charge in [-0.15, -0.1) is 0 Å². The first-order valence-corrected chi connectivity index (χ1v) is 8.59. The molecule has 1 aliphatic heterocycles. The van der Waals surface area contributed by atoms with Gasteiger partial charge in [0.2, 0.25) is 10.0 Å². The van der Waals surface area contributed by atoms with E-state index >= 15 is 0 Å². The molecule has 0 unspecified atom stereocenters. The fourth-order valence-electron chi connectivity index (χ4n) is 2.69. The lowest BCUT2D eigenvalue weighted by molar-refractivity contribution is 0.0730.